The van der Waals surface area contributed by atoms with E-state index in [4.69, 9.17) is 11.6 Å². The van der Waals surface area contributed by atoms with Crippen molar-refractivity contribution < 1.29 is 9.90 Å². The number of carboxylic acids is 1. The first-order chi connectivity index (χ1) is 7.60. The van der Waals surface area contributed by atoms with Crippen LogP contribution < -0.4 is 0 Å². The van der Waals surface area contributed by atoms with Crippen LogP contribution in [-0.2, 0) is 4.79 Å². The Bertz CT molecular complexity index is 347. The molecule has 0 spiro atoms. The van der Waals surface area contributed by atoms with Gasteiger partial charge in [0.2, 0.25) is 0 Å². The van der Waals surface area contributed by atoms with Gasteiger partial charge in [-0.1, -0.05) is 37.6 Å². The Labute approximate surface area is 101 Å². The van der Waals surface area contributed by atoms with E-state index in [-0.39, 0.29) is 0 Å². The lowest BCUT2D eigenvalue weighted by atomic mass is 10.1. The van der Waals surface area contributed by atoms with Gasteiger partial charge < -0.3 is 5.11 Å². The molecule has 0 aliphatic carbocycles. The Morgan fingerprint density at radius 1 is 1.31 bits per heavy atom. The van der Waals surface area contributed by atoms with Gasteiger partial charge in [0.25, 0.3) is 0 Å². The van der Waals surface area contributed by atoms with Gasteiger partial charge in [0.1, 0.15) is 6.04 Å². The quantitative estimate of drug-likeness (QED) is 0.862. The minimum absolute atomic E-state index is 0.590. The van der Waals surface area contributed by atoms with Crippen molar-refractivity contribution in [2.24, 2.45) is 0 Å². The summed E-state index contributed by atoms with van der Waals surface area (Å²) in [6.45, 7) is 5.32. The third-order valence-corrected chi connectivity index (χ3v) is 2.85. The van der Waals surface area contributed by atoms with Crippen molar-refractivity contribution in [2.45, 2.75) is 19.9 Å². The molecule has 1 N–H and O–H groups in total. The van der Waals surface area contributed by atoms with Crippen molar-refractivity contribution in [1.82, 2.24) is 4.90 Å². The van der Waals surface area contributed by atoms with E-state index >= 15 is 0 Å². The Balaban J connectivity index is 3.02. The molecule has 1 aromatic rings. The zero-order valence-corrected chi connectivity index (χ0v) is 10.2. The molecule has 0 amide bonds. The molecule has 4 heteroatoms. The average Bonchev–Trinajstić information content (AvgIpc) is 2.27. The van der Waals surface area contributed by atoms with Gasteiger partial charge >= 0.3 is 5.97 Å². The molecule has 0 bridgehead atoms. The summed E-state index contributed by atoms with van der Waals surface area (Å²) >= 11 is 5.78. The highest BCUT2D eigenvalue weighted by atomic mass is 35.5. The zero-order chi connectivity index (χ0) is 12.1. The van der Waals surface area contributed by atoms with Crippen LogP contribution in [-0.4, -0.2) is 29.1 Å². The van der Waals surface area contributed by atoms with Crippen molar-refractivity contribution >= 4 is 17.6 Å². The van der Waals surface area contributed by atoms with Crippen LogP contribution in [0.15, 0.2) is 24.3 Å². The fraction of sp³-hybridized carbons (Fsp3) is 0.417. The average molecular weight is 242 g/mol. The number of carbonyl (C=O) groups is 1. The van der Waals surface area contributed by atoms with Gasteiger partial charge in [0.15, 0.2) is 0 Å². The highest BCUT2D eigenvalue weighted by Gasteiger charge is 2.24. The highest BCUT2D eigenvalue weighted by molar-refractivity contribution is 6.30. The monoisotopic (exact) mass is 241 g/mol. The molecule has 0 aliphatic heterocycles. The summed E-state index contributed by atoms with van der Waals surface area (Å²) in [5.41, 5.74) is 0.764. The Morgan fingerprint density at radius 3 is 2.19 bits per heavy atom. The maximum Gasteiger partial charge on any atom is 0.325 e. The van der Waals surface area contributed by atoms with E-state index in [0.29, 0.717) is 18.1 Å². The lowest BCUT2D eigenvalue weighted by molar-refractivity contribution is -0.143. The second kappa shape index (κ2) is 5.87. The standard InChI is InChI=1S/C12H16ClNO2/c1-3-14(4-2)11(12(15)16)9-5-7-10(13)8-6-9/h5-8,11H,3-4H2,1-2H3,(H,15,16)/t11-/m1/s1. The summed E-state index contributed by atoms with van der Waals surface area (Å²) in [5.74, 6) is -0.828. The lowest BCUT2D eigenvalue weighted by Gasteiger charge is -2.26. The topological polar surface area (TPSA) is 40.5 Å². The first kappa shape index (κ1) is 13.0. The van der Waals surface area contributed by atoms with Gasteiger partial charge in [-0.2, -0.15) is 0 Å². The van der Waals surface area contributed by atoms with Crippen molar-refractivity contribution in [3.05, 3.63) is 34.9 Å². The number of hydrogen-bond acceptors (Lipinski definition) is 2. The van der Waals surface area contributed by atoms with Gasteiger partial charge in [0.05, 0.1) is 0 Å². The van der Waals surface area contributed by atoms with Crippen LogP contribution in [0, 0.1) is 0 Å². The van der Waals surface area contributed by atoms with Crippen molar-refractivity contribution in [3.8, 4) is 0 Å². The van der Waals surface area contributed by atoms with Gasteiger partial charge in [0, 0.05) is 5.02 Å². The van der Waals surface area contributed by atoms with Gasteiger partial charge in [-0.3, -0.25) is 9.69 Å². The normalized spacial score (nSPS) is 12.8. The smallest absolute Gasteiger partial charge is 0.325 e. The van der Waals surface area contributed by atoms with Crippen LogP contribution in [0.3, 0.4) is 0 Å². The number of benzene rings is 1. The zero-order valence-electron chi connectivity index (χ0n) is 9.48. The molecule has 88 valence electrons. The van der Waals surface area contributed by atoms with E-state index in [9.17, 15) is 9.90 Å². The summed E-state index contributed by atoms with van der Waals surface area (Å²) in [4.78, 5) is 13.2. The van der Waals surface area contributed by atoms with E-state index in [2.05, 4.69) is 0 Å². The number of rotatable bonds is 5. The molecular formula is C12H16ClNO2. The molecule has 0 saturated heterocycles. The maximum atomic E-state index is 11.3. The fourth-order valence-electron chi connectivity index (χ4n) is 1.74. The van der Waals surface area contributed by atoms with E-state index < -0.39 is 12.0 Å². The van der Waals surface area contributed by atoms with Crippen LogP contribution in [0.2, 0.25) is 5.02 Å². The minimum atomic E-state index is -0.828. The Hall–Kier alpha value is -1.06. The second-order valence-corrected chi connectivity index (χ2v) is 3.95. The maximum absolute atomic E-state index is 11.3. The van der Waals surface area contributed by atoms with Gasteiger partial charge in [-0.15, -0.1) is 0 Å². The summed E-state index contributed by atoms with van der Waals surface area (Å²) < 4.78 is 0. The van der Waals surface area contributed by atoms with Crippen LogP contribution >= 0.6 is 11.6 Å². The number of nitrogens with zero attached hydrogens (tertiary/aromatic N) is 1. The first-order valence-corrected chi connectivity index (χ1v) is 5.70. The molecule has 1 atom stereocenters. The molecule has 1 aromatic carbocycles. The fourth-order valence-corrected chi connectivity index (χ4v) is 1.87. The molecule has 0 saturated carbocycles. The summed E-state index contributed by atoms with van der Waals surface area (Å²) in [7, 11) is 0. The number of likely N-dealkylation sites (N-methyl/N-ethyl adjacent to an activating group) is 1. The number of hydrogen-bond donors (Lipinski definition) is 1. The first-order valence-electron chi connectivity index (χ1n) is 5.32. The lowest BCUT2D eigenvalue weighted by Crippen LogP contribution is -2.33. The third-order valence-electron chi connectivity index (χ3n) is 2.60. The van der Waals surface area contributed by atoms with E-state index in [0.717, 1.165) is 5.56 Å². The molecule has 0 aliphatic rings. The largest absolute Gasteiger partial charge is 0.480 e. The van der Waals surface area contributed by atoms with Gasteiger partial charge in [-0.05, 0) is 30.8 Å². The molecule has 0 radical (unpaired) electrons. The van der Waals surface area contributed by atoms with Crippen molar-refractivity contribution in [3.63, 3.8) is 0 Å². The van der Waals surface area contributed by atoms with Crippen LogP contribution in [0.5, 0.6) is 0 Å². The Kier molecular flexibility index (Phi) is 4.77. The molecule has 1 rings (SSSR count). The van der Waals surface area contributed by atoms with Crippen LogP contribution in [0.4, 0.5) is 0 Å². The van der Waals surface area contributed by atoms with Crippen LogP contribution in [0.25, 0.3) is 0 Å². The third kappa shape index (κ3) is 2.97. The van der Waals surface area contributed by atoms with Crippen molar-refractivity contribution in [2.75, 3.05) is 13.1 Å². The number of aliphatic carboxylic acids is 1. The summed E-state index contributed by atoms with van der Waals surface area (Å²) in [5, 5.41) is 9.87. The van der Waals surface area contributed by atoms with E-state index in [1.165, 1.54) is 0 Å². The van der Waals surface area contributed by atoms with Crippen molar-refractivity contribution in [1.29, 1.82) is 0 Å². The predicted octanol–water partition coefficient (Wildman–Crippen LogP) is 2.81. The number of halogens is 1. The second-order valence-electron chi connectivity index (χ2n) is 3.51. The van der Waals surface area contributed by atoms with E-state index in [1.54, 1.807) is 24.3 Å². The molecule has 0 fully saturated rings. The van der Waals surface area contributed by atoms with Gasteiger partial charge in [-0.25, -0.2) is 0 Å². The van der Waals surface area contributed by atoms with Crippen LogP contribution in [0.1, 0.15) is 25.5 Å². The highest BCUT2D eigenvalue weighted by Crippen LogP contribution is 2.22. The molecule has 3 nitrogen and oxygen atoms in total. The molecule has 0 aromatic heterocycles. The molecule has 0 unspecified atom stereocenters. The molecular weight excluding hydrogens is 226 g/mol. The molecule has 16 heavy (non-hydrogen) atoms. The number of carboxylic acid groups (broad SMARTS) is 1. The SMILES string of the molecule is CCN(CC)[C@@H](C(=O)O)c1ccc(Cl)cc1. The predicted molar refractivity (Wildman–Crippen MR) is 64.7 cm³/mol. The minimum Gasteiger partial charge on any atom is -0.480 e. The molecule has 0 heterocycles. The Morgan fingerprint density at radius 2 is 1.81 bits per heavy atom. The summed E-state index contributed by atoms with van der Waals surface area (Å²) in [6.07, 6.45) is 0. The van der Waals surface area contributed by atoms with E-state index in [1.807, 2.05) is 18.7 Å². The summed E-state index contributed by atoms with van der Waals surface area (Å²) in [6, 6.07) is 6.37.